The normalized spacial score (nSPS) is 29.0. The smallest absolute Gasteiger partial charge is 0.0655 e. The van der Waals surface area contributed by atoms with E-state index in [1.54, 1.807) is 0 Å². The Morgan fingerprint density at radius 1 is 1.29 bits per heavy atom. The third kappa shape index (κ3) is 2.02. The van der Waals surface area contributed by atoms with Crippen LogP contribution >= 0.6 is 0 Å². The molecular formula is C15H19NO. The lowest BCUT2D eigenvalue weighted by molar-refractivity contribution is 0.0741. The Labute approximate surface area is 102 Å². The molecule has 3 unspecified atom stereocenters. The number of pyridine rings is 1. The van der Waals surface area contributed by atoms with Crippen LogP contribution in [0.1, 0.15) is 42.9 Å². The molecule has 0 amide bonds. The molecule has 90 valence electrons. The van der Waals surface area contributed by atoms with Crippen LogP contribution in [0, 0.1) is 5.92 Å². The summed E-state index contributed by atoms with van der Waals surface area (Å²) in [5.41, 5.74) is 2.48. The van der Waals surface area contributed by atoms with E-state index >= 15 is 0 Å². The van der Waals surface area contributed by atoms with Gasteiger partial charge in [0.2, 0.25) is 0 Å². The zero-order valence-electron chi connectivity index (χ0n) is 10.0. The second-order valence-corrected chi connectivity index (χ2v) is 5.23. The summed E-state index contributed by atoms with van der Waals surface area (Å²) in [5.74, 6) is 0.695. The van der Waals surface area contributed by atoms with Crippen molar-refractivity contribution < 1.29 is 5.11 Å². The third-order valence-corrected chi connectivity index (χ3v) is 4.21. The van der Waals surface area contributed by atoms with Gasteiger partial charge in [-0.15, -0.1) is 0 Å². The topological polar surface area (TPSA) is 33.1 Å². The van der Waals surface area contributed by atoms with Gasteiger partial charge >= 0.3 is 0 Å². The molecule has 0 saturated heterocycles. The highest BCUT2D eigenvalue weighted by Gasteiger charge is 2.34. The predicted octanol–water partition coefficient (Wildman–Crippen LogP) is 2.83. The number of nitrogens with zero attached hydrogens (tertiary/aromatic N) is 1. The van der Waals surface area contributed by atoms with Crippen LogP contribution in [0.5, 0.6) is 0 Å². The standard InChI is InChI=1S/C15H19NO/c17-15(12-5-2-1-3-6-12)13-9-8-11-7-4-10-16-14(11)13/h1-2,4,7,10,12-13,15,17H,3,5-6,8-9H2. The summed E-state index contributed by atoms with van der Waals surface area (Å²) in [7, 11) is 0. The monoisotopic (exact) mass is 229 g/mol. The molecule has 2 heteroatoms. The van der Waals surface area contributed by atoms with Gasteiger partial charge in [0, 0.05) is 17.8 Å². The Hall–Kier alpha value is -1.15. The Morgan fingerprint density at radius 3 is 3.06 bits per heavy atom. The van der Waals surface area contributed by atoms with Crippen molar-refractivity contribution in [3.63, 3.8) is 0 Å². The molecule has 2 aliphatic carbocycles. The Balaban J connectivity index is 1.79. The average Bonchev–Trinajstić information content (AvgIpc) is 2.83. The molecule has 0 saturated carbocycles. The van der Waals surface area contributed by atoms with Gasteiger partial charge in [-0.25, -0.2) is 0 Å². The molecule has 0 bridgehead atoms. The maximum Gasteiger partial charge on any atom is 0.0655 e. The zero-order chi connectivity index (χ0) is 11.7. The van der Waals surface area contributed by atoms with Crippen LogP contribution in [0.25, 0.3) is 0 Å². The second kappa shape index (κ2) is 4.61. The van der Waals surface area contributed by atoms with Gasteiger partial charge in [-0.1, -0.05) is 18.2 Å². The Kier molecular flexibility index (Phi) is 2.98. The summed E-state index contributed by atoms with van der Waals surface area (Å²) >= 11 is 0. The van der Waals surface area contributed by atoms with Gasteiger partial charge in [-0.2, -0.15) is 0 Å². The van der Waals surface area contributed by atoms with E-state index in [0.29, 0.717) is 5.92 Å². The highest BCUT2D eigenvalue weighted by molar-refractivity contribution is 5.29. The number of aryl methyl sites for hydroxylation is 1. The first-order chi connectivity index (χ1) is 8.36. The quantitative estimate of drug-likeness (QED) is 0.791. The van der Waals surface area contributed by atoms with Crippen LogP contribution in [-0.4, -0.2) is 16.2 Å². The van der Waals surface area contributed by atoms with E-state index in [2.05, 4.69) is 23.2 Å². The summed E-state index contributed by atoms with van der Waals surface area (Å²) in [6.07, 6.45) is 11.5. The number of fused-ring (bicyclic) bond motifs is 1. The maximum atomic E-state index is 10.5. The van der Waals surface area contributed by atoms with E-state index in [9.17, 15) is 5.11 Å². The first-order valence-corrected chi connectivity index (χ1v) is 6.63. The number of aliphatic hydroxyl groups excluding tert-OH is 1. The van der Waals surface area contributed by atoms with E-state index in [1.165, 1.54) is 5.56 Å². The molecule has 2 aliphatic rings. The van der Waals surface area contributed by atoms with E-state index in [-0.39, 0.29) is 12.0 Å². The lowest BCUT2D eigenvalue weighted by Gasteiger charge is -2.28. The average molecular weight is 229 g/mol. The molecule has 1 N–H and O–H groups in total. The van der Waals surface area contributed by atoms with Gasteiger partial charge in [0.1, 0.15) is 0 Å². The third-order valence-electron chi connectivity index (χ3n) is 4.21. The van der Waals surface area contributed by atoms with E-state index in [0.717, 1.165) is 37.8 Å². The van der Waals surface area contributed by atoms with Crippen LogP contribution in [0.2, 0.25) is 0 Å². The molecule has 0 aromatic carbocycles. The van der Waals surface area contributed by atoms with Crippen molar-refractivity contribution in [2.45, 2.75) is 44.1 Å². The lowest BCUT2D eigenvalue weighted by atomic mass is 9.82. The molecule has 0 aliphatic heterocycles. The van der Waals surface area contributed by atoms with Gasteiger partial charge in [0.05, 0.1) is 6.10 Å². The summed E-state index contributed by atoms with van der Waals surface area (Å²) in [5, 5.41) is 10.5. The first-order valence-electron chi connectivity index (χ1n) is 6.63. The molecule has 17 heavy (non-hydrogen) atoms. The summed E-state index contributed by atoms with van der Waals surface area (Å²) in [6, 6.07) is 4.15. The lowest BCUT2D eigenvalue weighted by Crippen LogP contribution is -2.27. The zero-order valence-corrected chi connectivity index (χ0v) is 10.0. The van der Waals surface area contributed by atoms with E-state index in [1.807, 2.05) is 12.3 Å². The number of hydrogen-bond acceptors (Lipinski definition) is 2. The minimum absolute atomic E-state index is 0.212. The molecule has 0 spiro atoms. The van der Waals surface area contributed by atoms with Crippen molar-refractivity contribution in [1.29, 1.82) is 0 Å². The van der Waals surface area contributed by atoms with Crippen LogP contribution in [0.4, 0.5) is 0 Å². The van der Waals surface area contributed by atoms with Crippen LogP contribution < -0.4 is 0 Å². The van der Waals surface area contributed by atoms with Gasteiger partial charge in [0.15, 0.2) is 0 Å². The van der Waals surface area contributed by atoms with Gasteiger partial charge in [-0.05, 0) is 49.7 Å². The molecule has 1 aromatic heterocycles. The summed E-state index contributed by atoms with van der Waals surface area (Å²) in [6.45, 7) is 0. The molecular weight excluding hydrogens is 210 g/mol. The first kappa shape index (κ1) is 11.0. The minimum Gasteiger partial charge on any atom is -0.392 e. The van der Waals surface area contributed by atoms with Crippen molar-refractivity contribution in [2.24, 2.45) is 5.92 Å². The molecule has 1 aromatic rings. The van der Waals surface area contributed by atoms with Gasteiger partial charge < -0.3 is 5.11 Å². The van der Waals surface area contributed by atoms with Gasteiger partial charge in [0.25, 0.3) is 0 Å². The van der Waals surface area contributed by atoms with Crippen molar-refractivity contribution in [1.82, 2.24) is 4.98 Å². The second-order valence-electron chi connectivity index (χ2n) is 5.23. The number of hydrogen-bond donors (Lipinski definition) is 1. The molecule has 1 heterocycles. The van der Waals surface area contributed by atoms with Crippen molar-refractivity contribution in [2.75, 3.05) is 0 Å². The SMILES string of the molecule is OC(C1CC=CCC1)C1CCc2cccnc21. The minimum atomic E-state index is -0.212. The van der Waals surface area contributed by atoms with Gasteiger partial charge in [-0.3, -0.25) is 4.98 Å². The maximum absolute atomic E-state index is 10.5. The number of aromatic nitrogens is 1. The van der Waals surface area contributed by atoms with Crippen molar-refractivity contribution >= 4 is 0 Å². The predicted molar refractivity (Wildman–Crippen MR) is 67.8 cm³/mol. The Morgan fingerprint density at radius 2 is 2.24 bits per heavy atom. The fourth-order valence-electron chi connectivity index (χ4n) is 3.23. The highest BCUT2D eigenvalue weighted by atomic mass is 16.3. The number of allylic oxidation sites excluding steroid dienone is 2. The van der Waals surface area contributed by atoms with Crippen molar-refractivity contribution in [3.05, 3.63) is 41.7 Å². The Bertz CT molecular complexity index is 427. The fraction of sp³-hybridized carbons (Fsp3) is 0.533. The number of aliphatic hydroxyl groups is 1. The molecule has 0 fully saturated rings. The largest absolute Gasteiger partial charge is 0.392 e. The van der Waals surface area contributed by atoms with Crippen LogP contribution in [-0.2, 0) is 6.42 Å². The number of rotatable bonds is 2. The molecule has 3 atom stereocenters. The van der Waals surface area contributed by atoms with Crippen LogP contribution in [0.3, 0.4) is 0 Å². The van der Waals surface area contributed by atoms with Crippen molar-refractivity contribution in [3.8, 4) is 0 Å². The summed E-state index contributed by atoms with van der Waals surface area (Å²) in [4.78, 5) is 4.48. The molecule has 2 nitrogen and oxygen atoms in total. The van der Waals surface area contributed by atoms with E-state index < -0.39 is 0 Å². The molecule has 3 rings (SSSR count). The highest BCUT2D eigenvalue weighted by Crippen LogP contribution is 2.38. The fourth-order valence-corrected chi connectivity index (χ4v) is 3.23. The molecule has 0 radical (unpaired) electrons. The van der Waals surface area contributed by atoms with E-state index in [4.69, 9.17) is 0 Å². The summed E-state index contributed by atoms with van der Waals surface area (Å²) < 4.78 is 0. The van der Waals surface area contributed by atoms with Crippen LogP contribution in [0.15, 0.2) is 30.5 Å².